The van der Waals surface area contributed by atoms with Gasteiger partial charge in [0.05, 0.1) is 25.5 Å². The maximum atomic E-state index is 13.7. The number of carbonyl (C=O) groups is 1. The van der Waals surface area contributed by atoms with Crippen molar-refractivity contribution in [2.75, 3.05) is 18.5 Å². The van der Waals surface area contributed by atoms with Crippen molar-refractivity contribution in [3.8, 4) is 11.6 Å². The lowest BCUT2D eigenvalue weighted by Gasteiger charge is -2.23. The van der Waals surface area contributed by atoms with E-state index in [0.29, 0.717) is 35.1 Å². The third kappa shape index (κ3) is 8.07. The number of anilines is 2. The molecule has 0 radical (unpaired) electrons. The average Bonchev–Trinajstić information content (AvgIpc) is 3.03. The molecule has 1 amide bonds. The Morgan fingerprint density at radius 2 is 1.98 bits per heavy atom. The van der Waals surface area contributed by atoms with E-state index in [0.717, 1.165) is 23.8 Å². The standard InChI is InChI=1S/C30H32ClN7O6/c1-19(18-43-26-4-2-3-13-42-26)16-38-29(40)36-28(37(30(38)41)17-20-5-7-21(31)8-6-20)35-22-9-11-23(12-10-22)44-25-15-33-24(14-34-25)27(32)39/h5,7-12,14-15,20,26H,1-4,6,13,16-18H2,(H2,32,39)(H,35,36,40). The molecule has 2 aliphatic rings. The summed E-state index contributed by atoms with van der Waals surface area (Å²) in [5.74, 6) is -0.0426. The van der Waals surface area contributed by atoms with Crippen molar-refractivity contribution in [2.24, 2.45) is 11.7 Å². The topological polar surface area (TPSA) is 165 Å². The summed E-state index contributed by atoms with van der Waals surface area (Å²) in [6.45, 7) is 5.02. The van der Waals surface area contributed by atoms with Gasteiger partial charge < -0.3 is 25.3 Å². The van der Waals surface area contributed by atoms with Crippen molar-refractivity contribution in [1.29, 1.82) is 0 Å². The van der Waals surface area contributed by atoms with Crippen LogP contribution in [-0.4, -0.2) is 49.5 Å². The van der Waals surface area contributed by atoms with E-state index in [4.69, 9.17) is 31.5 Å². The van der Waals surface area contributed by atoms with E-state index in [1.807, 2.05) is 12.2 Å². The zero-order valence-electron chi connectivity index (χ0n) is 23.9. The molecule has 3 aromatic rings. The highest BCUT2D eigenvalue weighted by Gasteiger charge is 2.19. The first-order valence-corrected chi connectivity index (χ1v) is 14.4. The quantitative estimate of drug-likeness (QED) is 0.285. The Morgan fingerprint density at radius 3 is 2.64 bits per heavy atom. The van der Waals surface area contributed by atoms with E-state index in [1.165, 1.54) is 17.0 Å². The monoisotopic (exact) mass is 621 g/mol. The number of nitrogens with zero attached hydrogens (tertiary/aromatic N) is 5. The number of benzene rings is 1. The fourth-order valence-electron chi connectivity index (χ4n) is 4.61. The van der Waals surface area contributed by atoms with Gasteiger partial charge in [0.25, 0.3) is 5.91 Å². The molecule has 0 bridgehead atoms. The van der Waals surface area contributed by atoms with Crippen LogP contribution in [0.1, 0.15) is 36.2 Å². The van der Waals surface area contributed by atoms with Crippen molar-refractivity contribution in [3.05, 3.63) is 98.7 Å². The van der Waals surface area contributed by atoms with Gasteiger partial charge in [-0.15, -0.1) is 0 Å². The van der Waals surface area contributed by atoms with Crippen LogP contribution in [0, 0.1) is 5.92 Å². The van der Waals surface area contributed by atoms with E-state index < -0.39 is 17.3 Å². The maximum Gasteiger partial charge on any atom is 0.355 e. The van der Waals surface area contributed by atoms with Gasteiger partial charge >= 0.3 is 11.4 Å². The molecule has 1 aromatic carbocycles. The summed E-state index contributed by atoms with van der Waals surface area (Å²) in [6.07, 6.45) is 11.2. The first kappa shape index (κ1) is 30.9. The highest BCUT2D eigenvalue weighted by Crippen LogP contribution is 2.24. The van der Waals surface area contributed by atoms with Gasteiger partial charge in [-0.3, -0.25) is 9.36 Å². The predicted molar refractivity (Wildman–Crippen MR) is 163 cm³/mol. The van der Waals surface area contributed by atoms with Crippen LogP contribution in [0.15, 0.2) is 81.7 Å². The Morgan fingerprint density at radius 1 is 1.16 bits per heavy atom. The van der Waals surface area contributed by atoms with Crippen LogP contribution in [0.3, 0.4) is 0 Å². The van der Waals surface area contributed by atoms with Crippen molar-refractivity contribution >= 4 is 29.1 Å². The van der Waals surface area contributed by atoms with Gasteiger partial charge in [0, 0.05) is 23.9 Å². The molecule has 3 N–H and O–H groups in total. The Labute approximate surface area is 257 Å². The van der Waals surface area contributed by atoms with Crippen molar-refractivity contribution in [1.82, 2.24) is 24.1 Å². The van der Waals surface area contributed by atoms with Crippen molar-refractivity contribution in [2.45, 2.75) is 45.1 Å². The molecule has 13 nitrogen and oxygen atoms in total. The number of hydrogen-bond acceptors (Lipinski definition) is 10. The van der Waals surface area contributed by atoms with E-state index >= 15 is 0 Å². The van der Waals surface area contributed by atoms with Crippen LogP contribution in [0.5, 0.6) is 11.6 Å². The highest BCUT2D eigenvalue weighted by atomic mass is 35.5. The van der Waals surface area contributed by atoms with E-state index in [2.05, 4.69) is 26.8 Å². The highest BCUT2D eigenvalue weighted by molar-refractivity contribution is 6.31. The van der Waals surface area contributed by atoms with Crippen molar-refractivity contribution in [3.63, 3.8) is 0 Å². The summed E-state index contributed by atoms with van der Waals surface area (Å²) in [6, 6.07) is 6.70. The number of rotatable bonds is 12. The number of nitrogens with two attached hydrogens (primary N) is 1. The fraction of sp³-hybridized carbons (Fsp3) is 0.333. The Bertz CT molecular complexity index is 1680. The third-order valence-corrected chi connectivity index (χ3v) is 7.20. The third-order valence-electron chi connectivity index (χ3n) is 6.92. The minimum atomic E-state index is -0.719. The first-order chi connectivity index (χ1) is 21.2. The molecule has 44 heavy (non-hydrogen) atoms. The van der Waals surface area contributed by atoms with E-state index in [1.54, 1.807) is 30.3 Å². The predicted octanol–water partition coefficient (Wildman–Crippen LogP) is 3.63. The SMILES string of the molecule is C=C(COC1CCCCO1)Cn1c(=O)nc(Nc2ccc(Oc3cnc(C(N)=O)cn3)cc2)n(CC2C=CC(Cl)=CC2)c1=O. The molecule has 14 heteroatoms. The smallest absolute Gasteiger partial charge is 0.355 e. The molecular weight excluding hydrogens is 590 g/mol. The number of hydrogen-bond donors (Lipinski definition) is 2. The van der Waals surface area contributed by atoms with Crippen molar-refractivity contribution < 1.29 is 19.0 Å². The number of carbonyl (C=O) groups excluding carboxylic acids is 1. The van der Waals surface area contributed by atoms with Gasteiger partial charge in [0.1, 0.15) is 11.4 Å². The normalized spacial score (nSPS) is 18.0. The Balaban J connectivity index is 1.33. The number of primary amides is 1. The number of halogens is 1. The maximum absolute atomic E-state index is 13.7. The number of aromatic nitrogens is 5. The van der Waals surface area contributed by atoms with E-state index in [9.17, 15) is 14.4 Å². The largest absolute Gasteiger partial charge is 0.438 e. The second-order valence-corrected chi connectivity index (χ2v) is 10.8. The van der Waals surface area contributed by atoms with E-state index in [-0.39, 0.29) is 49.4 Å². The van der Waals surface area contributed by atoms with Crippen LogP contribution < -0.4 is 27.2 Å². The molecule has 3 heterocycles. The molecule has 1 aliphatic carbocycles. The van der Waals surface area contributed by atoms with Gasteiger partial charge in [-0.2, -0.15) is 4.98 Å². The minimum Gasteiger partial charge on any atom is -0.438 e. The van der Waals surface area contributed by atoms with Crippen LogP contribution in [0.25, 0.3) is 0 Å². The zero-order valence-corrected chi connectivity index (χ0v) is 24.6. The molecule has 2 aromatic heterocycles. The number of amides is 1. The van der Waals surface area contributed by atoms with Gasteiger partial charge in [0.15, 0.2) is 6.29 Å². The molecule has 1 aliphatic heterocycles. The zero-order chi connectivity index (χ0) is 31.1. The lowest BCUT2D eigenvalue weighted by molar-refractivity contribution is -0.157. The number of allylic oxidation sites excluding steroid dienone is 4. The molecule has 0 saturated carbocycles. The Kier molecular flexibility index (Phi) is 10.00. The lowest BCUT2D eigenvalue weighted by Crippen LogP contribution is -2.44. The lowest BCUT2D eigenvalue weighted by atomic mass is 10.0. The summed E-state index contributed by atoms with van der Waals surface area (Å²) < 4.78 is 19.5. The summed E-state index contributed by atoms with van der Waals surface area (Å²) in [5.41, 5.74) is 5.06. The van der Waals surface area contributed by atoms with Crippen LogP contribution in [-0.2, 0) is 22.6 Å². The van der Waals surface area contributed by atoms with Crippen LogP contribution in [0.2, 0.25) is 0 Å². The summed E-state index contributed by atoms with van der Waals surface area (Å²) in [7, 11) is 0. The molecule has 1 fully saturated rings. The van der Waals surface area contributed by atoms with Crippen LogP contribution >= 0.6 is 11.6 Å². The minimum absolute atomic E-state index is 0.0203. The van der Waals surface area contributed by atoms with Gasteiger partial charge in [-0.1, -0.05) is 30.3 Å². The molecule has 0 spiro atoms. The van der Waals surface area contributed by atoms with Gasteiger partial charge in [-0.05, 0) is 67.5 Å². The molecule has 5 rings (SSSR count). The fourth-order valence-corrected chi connectivity index (χ4v) is 4.77. The summed E-state index contributed by atoms with van der Waals surface area (Å²) in [5, 5.41) is 3.72. The average molecular weight is 622 g/mol. The molecule has 230 valence electrons. The molecule has 1 saturated heterocycles. The Hall–Kier alpha value is -4.59. The number of ether oxygens (including phenoxy) is 3. The number of nitrogens with one attached hydrogen (secondary N) is 1. The molecule has 2 unspecified atom stereocenters. The first-order valence-electron chi connectivity index (χ1n) is 14.1. The van der Waals surface area contributed by atoms with Crippen LogP contribution in [0.4, 0.5) is 11.6 Å². The molecule has 2 atom stereocenters. The second-order valence-electron chi connectivity index (χ2n) is 10.4. The second kappa shape index (κ2) is 14.3. The summed E-state index contributed by atoms with van der Waals surface area (Å²) >= 11 is 6.10. The molecular formula is C30H32ClN7O6. The van der Waals surface area contributed by atoms with Gasteiger partial charge in [0.2, 0.25) is 11.8 Å². The van der Waals surface area contributed by atoms with Gasteiger partial charge in [-0.25, -0.2) is 24.1 Å². The summed E-state index contributed by atoms with van der Waals surface area (Å²) in [4.78, 5) is 50.1.